The minimum absolute atomic E-state index is 0.101. The summed E-state index contributed by atoms with van der Waals surface area (Å²) >= 11 is 6.20. The van der Waals surface area contributed by atoms with Crippen LogP contribution >= 0.6 is 11.6 Å². The van der Waals surface area contributed by atoms with Gasteiger partial charge in [0.15, 0.2) is 5.43 Å². The van der Waals surface area contributed by atoms with Crippen LogP contribution in [0.1, 0.15) is 48.7 Å². The molecule has 0 saturated heterocycles. The molecule has 30 heavy (non-hydrogen) atoms. The Kier molecular flexibility index (Phi) is 7.41. The lowest BCUT2D eigenvalue weighted by molar-refractivity contribution is 0.102. The van der Waals surface area contributed by atoms with Crippen molar-refractivity contribution in [2.24, 2.45) is 0 Å². The molecule has 1 N–H and O–H groups in total. The topological polar surface area (TPSA) is 64.0 Å². The van der Waals surface area contributed by atoms with Gasteiger partial charge in [0.25, 0.3) is 5.91 Å². The number of carbonyl (C=O) groups excluding carboxylic acids is 1. The van der Waals surface area contributed by atoms with Gasteiger partial charge >= 0.3 is 0 Å². The minimum Gasteiger partial charge on any atom is -0.344 e. The molecule has 5 nitrogen and oxygen atoms in total. The highest BCUT2D eigenvalue weighted by Gasteiger charge is 2.22. The highest BCUT2D eigenvalue weighted by Crippen LogP contribution is 2.26. The second kappa shape index (κ2) is 10.2. The Labute approximate surface area is 181 Å². The highest BCUT2D eigenvalue weighted by molar-refractivity contribution is 6.34. The van der Waals surface area contributed by atoms with Crippen molar-refractivity contribution in [3.63, 3.8) is 0 Å². The number of aryl methyl sites for hydroxylation is 1. The number of carbonyl (C=O) groups is 1. The third-order valence-corrected chi connectivity index (χ3v) is 5.37. The number of pyridine rings is 2. The summed E-state index contributed by atoms with van der Waals surface area (Å²) in [7, 11) is 0. The van der Waals surface area contributed by atoms with Crippen molar-refractivity contribution in [2.75, 3.05) is 5.32 Å². The first kappa shape index (κ1) is 21.8. The zero-order chi connectivity index (χ0) is 21.5. The molecule has 0 radical (unpaired) electrons. The lowest BCUT2D eigenvalue weighted by Gasteiger charge is -2.20. The molecule has 2 heterocycles. The third-order valence-electron chi connectivity index (χ3n) is 5.04. The second-order valence-corrected chi connectivity index (χ2v) is 7.67. The predicted molar refractivity (Wildman–Crippen MR) is 122 cm³/mol. The molecule has 0 bridgehead atoms. The van der Waals surface area contributed by atoms with E-state index >= 15 is 0 Å². The molecule has 3 aromatic rings. The SMILES string of the molecule is CCCCCCn1c(C)cc(=O)c(C(=O)Nc2ccccc2Cl)c1-c1cccnc1. The van der Waals surface area contributed by atoms with E-state index in [0.717, 1.165) is 43.5 Å². The number of para-hydroxylation sites is 1. The summed E-state index contributed by atoms with van der Waals surface area (Å²) in [6, 6.07) is 12.2. The molecule has 0 spiro atoms. The molecule has 2 aromatic heterocycles. The summed E-state index contributed by atoms with van der Waals surface area (Å²) in [5.41, 5.74) is 2.40. The summed E-state index contributed by atoms with van der Waals surface area (Å²) in [5, 5.41) is 3.21. The summed E-state index contributed by atoms with van der Waals surface area (Å²) in [4.78, 5) is 30.4. The van der Waals surface area contributed by atoms with Crippen LogP contribution in [0.3, 0.4) is 0 Å². The fourth-order valence-electron chi connectivity index (χ4n) is 3.52. The minimum atomic E-state index is -0.478. The quantitative estimate of drug-likeness (QED) is 0.472. The number of hydrogen-bond acceptors (Lipinski definition) is 3. The molecule has 6 heteroatoms. The summed E-state index contributed by atoms with van der Waals surface area (Å²) in [6.45, 7) is 4.79. The van der Waals surface area contributed by atoms with Gasteiger partial charge in [0.1, 0.15) is 5.56 Å². The predicted octanol–water partition coefficient (Wildman–Crippen LogP) is 5.70. The molecule has 0 aliphatic rings. The van der Waals surface area contributed by atoms with Gasteiger partial charge in [-0.3, -0.25) is 14.6 Å². The first-order valence-electron chi connectivity index (χ1n) is 10.2. The lowest BCUT2D eigenvalue weighted by atomic mass is 10.0. The van der Waals surface area contributed by atoms with Crippen molar-refractivity contribution in [3.05, 3.63) is 81.4 Å². The van der Waals surface area contributed by atoms with Gasteiger partial charge in [-0.15, -0.1) is 0 Å². The van der Waals surface area contributed by atoms with Crippen LogP contribution in [-0.2, 0) is 6.54 Å². The van der Waals surface area contributed by atoms with E-state index in [1.54, 1.807) is 42.7 Å². The number of aromatic nitrogens is 2. The van der Waals surface area contributed by atoms with Crippen LogP contribution in [-0.4, -0.2) is 15.5 Å². The van der Waals surface area contributed by atoms with Gasteiger partial charge in [-0.05, 0) is 37.6 Å². The van der Waals surface area contributed by atoms with Crippen molar-refractivity contribution in [1.29, 1.82) is 0 Å². The van der Waals surface area contributed by atoms with Gasteiger partial charge in [-0.25, -0.2) is 0 Å². The molecule has 0 aliphatic carbocycles. The lowest BCUT2D eigenvalue weighted by Crippen LogP contribution is -2.27. The van der Waals surface area contributed by atoms with Gasteiger partial charge in [0, 0.05) is 36.3 Å². The van der Waals surface area contributed by atoms with Crippen LogP contribution in [0.2, 0.25) is 5.02 Å². The number of nitrogens with one attached hydrogen (secondary N) is 1. The van der Waals surface area contributed by atoms with E-state index in [9.17, 15) is 9.59 Å². The summed E-state index contributed by atoms with van der Waals surface area (Å²) in [6.07, 6.45) is 7.72. The molecule has 0 fully saturated rings. The smallest absolute Gasteiger partial charge is 0.261 e. The average molecular weight is 424 g/mol. The maximum Gasteiger partial charge on any atom is 0.261 e. The van der Waals surface area contributed by atoms with Crippen LogP contribution in [0, 0.1) is 6.92 Å². The van der Waals surface area contributed by atoms with Crippen molar-refractivity contribution in [3.8, 4) is 11.3 Å². The van der Waals surface area contributed by atoms with Crippen molar-refractivity contribution in [1.82, 2.24) is 9.55 Å². The molecule has 156 valence electrons. The van der Waals surface area contributed by atoms with E-state index in [-0.39, 0.29) is 11.0 Å². The molecule has 0 unspecified atom stereocenters. The van der Waals surface area contributed by atoms with E-state index in [4.69, 9.17) is 11.6 Å². The zero-order valence-corrected chi connectivity index (χ0v) is 18.1. The molecule has 1 aromatic carbocycles. The van der Waals surface area contributed by atoms with Crippen LogP contribution < -0.4 is 10.7 Å². The Morgan fingerprint density at radius 3 is 2.63 bits per heavy atom. The summed E-state index contributed by atoms with van der Waals surface area (Å²) < 4.78 is 2.05. The monoisotopic (exact) mass is 423 g/mol. The molecule has 1 amide bonds. The Morgan fingerprint density at radius 1 is 1.13 bits per heavy atom. The van der Waals surface area contributed by atoms with Gasteiger partial charge in [-0.2, -0.15) is 0 Å². The first-order valence-corrected chi connectivity index (χ1v) is 10.6. The van der Waals surface area contributed by atoms with Gasteiger partial charge in [0.05, 0.1) is 16.4 Å². The maximum absolute atomic E-state index is 13.2. The normalized spacial score (nSPS) is 10.8. The zero-order valence-electron chi connectivity index (χ0n) is 17.3. The number of anilines is 1. The van der Waals surface area contributed by atoms with Crippen molar-refractivity contribution >= 4 is 23.2 Å². The Balaban J connectivity index is 2.10. The third kappa shape index (κ3) is 4.97. The number of amides is 1. The average Bonchev–Trinajstić information content (AvgIpc) is 2.74. The second-order valence-electron chi connectivity index (χ2n) is 7.26. The van der Waals surface area contributed by atoms with Crippen LogP contribution in [0.25, 0.3) is 11.3 Å². The van der Waals surface area contributed by atoms with Gasteiger partial charge < -0.3 is 9.88 Å². The number of hydrogen-bond donors (Lipinski definition) is 1. The van der Waals surface area contributed by atoms with E-state index in [1.165, 1.54) is 6.07 Å². The van der Waals surface area contributed by atoms with Crippen molar-refractivity contribution in [2.45, 2.75) is 46.1 Å². The fourth-order valence-corrected chi connectivity index (χ4v) is 3.71. The van der Waals surface area contributed by atoms with Gasteiger partial charge in [0.2, 0.25) is 0 Å². The Hall–Kier alpha value is -2.92. The Morgan fingerprint density at radius 2 is 1.93 bits per heavy atom. The number of halogens is 1. The molecule has 0 saturated carbocycles. The Bertz CT molecular complexity index is 1080. The molecule has 0 atom stereocenters. The molecular weight excluding hydrogens is 398 g/mol. The highest BCUT2D eigenvalue weighted by atomic mass is 35.5. The first-order chi connectivity index (χ1) is 14.5. The van der Waals surface area contributed by atoms with Crippen LogP contribution in [0.15, 0.2) is 59.7 Å². The maximum atomic E-state index is 13.2. The van der Waals surface area contributed by atoms with Gasteiger partial charge in [-0.1, -0.05) is 49.9 Å². The standard InChI is InChI=1S/C24H26ClN3O2/c1-3-4-5-8-14-28-17(2)15-21(29)22(23(28)18-10-9-13-26-16-18)24(30)27-20-12-7-6-11-19(20)25/h6-7,9-13,15-16H,3-5,8,14H2,1-2H3,(H,27,30). The molecule has 3 rings (SSSR count). The van der Waals surface area contributed by atoms with E-state index in [1.807, 2.05) is 13.0 Å². The fraction of sp³-hybridized carbons (Fsp3) is 0.292. The largest absolute Gasteiger partial charge is 0.344 e. The number of benzene rings is 1. The van der Waals surface area contributed by atoms with Crippen LogP contribution in [0.4, 0.5) is 5.69 Å². The number of unbranched alkanes of at least 4 members (excludes halogenated alkanes) is 3. The van der Waals surface area contributed by atoms with Crippen molar-refractivity contribution < 1.29 is 4.79 Å². The number of nitrogens with zero attached hydrogens (tertiary/aromatic N) is 2. The summed E-state index contributed by atoms with van der Waals surface area (Å²) in [5.74, 6) is -0.478. The molecular formula is C24H26ClN3O2. The number of rotatable bonds is 8. The van der Waals surface area contributed by atoms with E-state index < -0.39 is 5.91 Å². The molecule has 0 aliphatic heterocycles. The van der Waals surface area contributed by atoms with E-state index in [2.05, 4.69) is 21.8 Å². The van der Waals surface area contributed by atoms with E-state index in [0.29, 0.717) is 16.4 Å². The van der Waals surface area contributed by atoms with Crippen LogP contribution in [0.5, 0.6) is 0 Å².